The summed E-state index contributed by atoms with van der Waals surface area (Å²) >= 11 is 0. The molecule has 0 aromatic heterocycles. The van der Waals surface area contributed by atoms with Crippen LogP contribution in [-0.2, 0) is 10.8 Å². The number of benzene rings is 10. The second kappa shape index (κ2) is 12.1. The Morgan fingerprint density at radius 2 is 0.917 bits per heavy atom. The van der Waals surface area contributed by atoms with E-state index in [1.807, 2.05) is 0 Å². The van der Waals surface area contributed by atoms with E-state index in [0.717, 1.165) is 39.5 Å². The Labute approximate surface area is 349 Å². The van der Waals surface area contributed by atoms with E-state index in [1.165, 1.54) is 77.0 Å². The summed E-state index contributed by atoms with van der Waals surface area (Å²) in [5.41, 5.74) is 15.4. The van der Waals surface area contributed by atoms with E-state index in [2.05, 4.69) is 219 Å². The van der Waals surface area contributed by atoms with Gasteiger partial charge in [0.1, 0.15) is 11.5 Å². The summed E-state index contributed by atoms with van der Waals surface area (Å²) in [7, 11) is 0. The van der Waals surface area contributed by atoms with Gasteiger partial charge in [0.2, 0.25) is 0 Å². The fraction of sp³-hybridized carbons (Fsp3) is 0.0690. The van der Waals surface area contributed by atoms with Crippen LogP contribution < -0.4 is 9.64 Å². The zero-order valence-corrected chi connectivity index (χ0v) is 33.4. The SMILES string of the molecule is CC1(C)c2ccccc2-c2ccc(N(c3ccc4c(c3)C3(c5ccccc5Oc5c3ccc3ccccc53)c3ccccc3-4)c3cc4ccccc4c4ccccc34)cc21. The fourth-order valence-corrected chi connectivity index (χ4v) is 11.2. The van der Waals surface area contributed by atoms with Crippen LogP contribution in [0, 0.1) is 0 Å². The molecule has 2 nitrogen and oxygen atoms in total. The summed E-state index contributed by atoms with van der Waals surface area (Å²) in [5.74, 6) is 1.82. The zero-order valence-electron chi connectivity index (χ0n) is 33.4. The van der Waals surface area contributed by atoms with Crippen molar-refractivity contribution in [2.75, 3.05) is 4.90 Å². The highest BCUT2D eigenvalue weighted by atomic mass is 16.5. The Bertz CT molecular complexity index is 3470. The summed E-state index contributed by atoms with van der Waals surface area (Å²) in [5, 5.41) is 7.22. The smallest absolute Gasteiger partial charge is 0.140 e. The molecular formula is C58H39NO. The standard InChI is InChI=1S/C58H39NO/c1-57(2)48-23-11-9-20-43(48)45-30-28-38(34-52(45)57)59(54-33-37-16-4-5-17-40(37)42-19-7-8-22-47(42)54)39-29-31-46-44-21-10-12-24-49(44)58(53(46)35-39)50-25-13-14-26-55(50)60-56-41-18-6-3-15-36(41)27-32-51(56)58/h3-35H,1-2H3. The van der Waals surface area contributed by atoms with Crippen molar-refractivity contribution >= 4 is 49.4 Å². The molecule has 0 amide bonds. The minimum Gasteiger partial charge on any atom is -0.456 e. The number of fused-ring (bicyclic) bond motifs is 17. The fourth-order valence-electron chi connectivity index (χ4n) is 11.2. The molecule has 0 saturated carbocycles. The van der Waals surface area contributed by atoms with Gasteiger partial charge >= 0.3 is 0 Å². The van der Waals surface area contributed by atoms with Crippen LogP contribution in [0.1, 0.15) is 47.2 Å². The number of para-hydroxylation sites is 1. The van der Waals surface area contributed by atoms with Crippen molar-refractivity contribution in [1.29, 1.82) is 0 Å². The molecule has 0 saturated heterocycles. The van der Waals surface area contributed by atoms with E-state index in [1.54, 1.807) is 0 Å². The number of nitrogens with zero attached hydrogens (tertiary/aromatic N) is 1. The van der Waals surface area contributed by atoms with Crippen LogP contribution >= 0.6 is 0 Å². The molecule has 2 heteroatoms. The Morgan fingerprint density at radius 1 is 0.367 bits per heavy atom. The molecule has 2 aliphatic carbocycles. The largest absolute Gasteiger partial charge is 0.456 e. The van der Waals surface area contributed by atoms with E-state index in [4.69, 9.17) is 4.74 Å². The van der Waals surface area contributed by atoms with Gasteiger partial charge in [-0.05, 0) is 102 Å². The lowest BCUT2D eigenvalue weighted by Gasteiger charge is -2.40. The van der Waals surface area contributed by atoms with Gasteiger partial charge in [-0.3, -0.25) is 0 Å². The monoisotopic (exact) mass is 765 g/mol. The molecule has 0 radical (unpaired) electrons. The highest BCUT2D eigenvalue weighted by molar-refractivity contribution is 6.15. The maximum atomic E-state index is 6.99. The lowest BCUT2D eigenvalue weighted by atomic mass is 9.65. The van der Waals surface area contributed by atoms with E-state index in [0.29, 0.717) is 0 Å². The van der Waals surface area contributed by atoms with Gasteiger partial charge in [-0.25, -0.2) is 0 Å². The zero-order chi connectivity index (χ0) is 39.7. The molecule has 1 unspecified atom stereocenters. The minimum atomic E-state index is -0.616. The summed E-state index contributed by atoms with van der Waals surface area (Å²) in [4.78, 5) is 2.53. The quantitative estimate of drug-likeness (QED) is 0.166. The van der Waals surface area contributed by atoms with Crippen LogP contribution in [0.2, 0.25) is 0 Å². The summed E-state index contributed by atoms with van der Waals surface area (Å²) in [6, 6.07) is 74.3. The summed E-state index contributed by atoms with van der Waals surface area (Å²) in [6.45, 7) is 4.74. The molecule has 1 atom stereocenters. The molecule has 1 spiro atoms. The van der Waals surface area contributed by atoms with Crippen LogP contribution in [0.4, 0.5) is 17.1 Å². The maximum Gasteiger partial charge on any atom is 0.140 e. The molecule has 10 aromatic carbocycles. The first-order valence-corrected chi connectivity index (χ1v) is 21.0. The van der Waals surface area contributed by atoms with Gasteiger partial charge in [0, 0.05) is 38.7 Å². The molecule has 60 heavy (non-hydrogen) atoms. The molecule has 1 aliphatic heterocycles. The normalized spacial score (nSPS) is 16.2. The van der Waals surface area contributed by atoms with E-state index < -0.39 is 5.41 Å². The third-order valence-electron chi connectivity index (χ3n) is 13.9. The van der Waals surface area contributed by atoms with Gasteiger partial charge < -0.3 is 9.64 Å². The average molecular weight is 766 g/mol. The van der Waals surface area contributed by atoms with Crippen molar-refractivity contribution in [3.05, 3.63) is 234 Å². The van der Waals surface area contributed by atoms with Gasteiger partial charge in [0.05, 0.1) is 11.1 Å². The second-order valence-corrected chi connectivity index (χ2v) is 17.2. The van der Waals surface area contributed by atoms with Crippen molar-refractivity contribution in [3.63, 3.8) is 0 Å². The van der Waals surface area contributed by atoms with Gasteiger partial charge in [-0.2, -0.15) is 0 Å². The molecule has 3 aliphatic rings. The van der Waals surface area contributed by atoms with Crippen molar-refractivity contribution in [2.45, 2.75) is 24.7 Å². The average Bonchev–Trinajstić information content (AvgIpc) is 3.71. The van der Waals surface area contributed by atoms with E-state index in [-0.39, 0.29) is 5.41 Å². The van der Waals surface area contributed by atoms with Crippen LogP contribution in [0.15, 0.2) is 200 Å². The number of ether oxygens (including phenoxy) is 1. The molecule has 0 N–H and O–H groups in total. The van der Waals surface area contributed by atoms with E-state index >= 15 is 0 Å². The van der Waals surface area contributed by atoms with Gasteiger partial charge in [0.15, 0.2) is 0 Å². The summed E-state index contributed by atoms with van der Waals surface area (Å²) in [6.07, 6.45) is 0. The number of anilines is 3. The second-order valence-electron chi connectivity index (χ2n) is 17.2. The van der Waals surface area contributed by atoms with E-state index in [9.17, 15) is 0 Å². The maximum absolute atomic E-state index is 6.99. The van der Waals surface area contributed by atoms with Gasteiger partial charge in [-0.15, -0.1) is 0 Å². The Balaban J connectivity index is 1.13. The molecular weight excluding hydrogens is 727 g/mol. The molecule has 10 aromatic rings. The first kappa shape index (κ1) is 33.5. The lowest BCUT2D eigenvalue weighted by Crippen LogP contribution is -2.32. The highest BCUT2D eigenvalue weighted by Crippen LogP contribution is 2.64. The lowest BCUT2D eigenvalue weighted by molar-refractivity contribution is 0.441. The number of rotatable bonds is 3. The highest BCUT2D eigenvalue weighted by Gasteiger charge is 2.51. The number of hydrogen-bond donors (Lipinski definition) is 0. The predicted octanol–water partition coefficient (Wildman–Crippen LogP) is 15.4. The van der Waals surface area contributed by atoms with Crippen molar-refractivity contribution in [1.82, 2.24) is 0 Å². The van der Waals surface area contributed by atoms with Crippen molar-refractivity contribution < 1.29 is 4.74 Å². The predicted molar refractivity (Wildman–Crippen MR) is 249 cm³/mol. The minimum absolute atomic E-state index is 0.152. The number of hydrogen-bond acceptors (Lipinski definition) is 2. The van der Waals surface area contributed by atoms with Crippen molar-refractivity contribution in [2.24, 2.45) is 0 Å². The Hall–Kier alpha value is -7.42. The van der Waals surface area contributed by atoms with Crippen LogP contribution in [0.5, 0.6) is 11.5 Å². The first-order chi connectivity index (χ1) is 29.5. The van der Waals surface area contributed by atoms with Crippen LogP contribution in [0.25, 0.3) is 54.6 Å². The third kappa shape index (κ3) is 4.32. The Morgan fingerprint density at radius 3 is 1.70 bits per heavy atom. The van der Waals surface area contributed by atoms with Crippen LogP contribution in [0.3, 0.4) is 0 Å². The molecule has 0 fully saturated rings. The Kier molecular flexibility index (Phi) is 6.74. The summed E-state index contributed by atoms with van der Waals surface area (Å²) < 4.78 is 6.99. The molecule has 282 valence electrons. The van der Waals surface area contributed by atoms with Crippen molar-refractivity contribution in [3.8, 4) is 33.8 Å². The molecule has 0 bridgehead atoms. The van der Waals surface area contributed by atoms with Crippen LogP contribution in [-0.4, -0.2) is 0 Å². The first-order valence-electron chi connectivity index (χ1n) is 21.0. The third-order valence-corrected chi connectivity index (χ3v) is 13.9. The molecule has 13 rings (SSSR count). The topological polar surface area (TPSA) is 12.5 Å². The van der Waals surface area contributed by atoms with Gasteiger partial charge in [-0.1, -0.05) is 178 Å². The van der Waals surface area contributed by atoms with Gasteiger partial charge in [0.25, 0.3) is 0 Å². The molecule has 1 heterocycles.